The second kappa shape index (κ2) is 3.94. The number of hydrogen-bond acceptors (Lipinski definition) is 4. The average molecular weight is 218 g/mol. The van der Waals surface area contributed by atoms with Gasteiger partial charge < -0.3 is 10.6 Å². The Bertz CT molecular complexity index is 367. The van der Waals surface area contributed by atoms with Crippen LogP contribution in [0.15, 0.2) is 18.3 Å². The van der Waals surface area contributed by atoms with Crippen molar-refractivity contribution >= 4 is 11.5 Å². The fourth-order valence-electron chi connectivity index (χ4n) is 2.44. The standard InChI is InChI=1S/C12H18N4/c13-12-11(2-1-5-14-12)16-8-6-15(7-9-16)10-3-4-10/h1-2,5,10H,3-4,6-9H2,(H2,13,14). The zero-order chi connectivity index (χ0) is 11.0. The summed E-state index contributed by atoms with van der Waals surface area (Å²) < 4.78 is 0. The summed E-state index contributed by atoms with van der Waals surface area (Å²) in [5.41, 5.74) is 6.99. The van der Waals surface area contributed by atoms with E-state index in [1.807, 2.05) is 6.07 Å². The molecule has 0 spiro atoms. The van der Waals surface area contributed by atoms with Crippen LogP contribution in [0.2, 0.25) is 0 Å². The number of hydrogen-bond donors (Lipinski definition) is 1. The summed E-state index contributed by atoms with van der Waals surface area (Å²) in [5, 5.41) is 0. The van der Waals surface area contributed by atoms with Crippen molar-refractivity contribution in [2.75, 3.05) is 36.8 Å². The van der Waals surface area contributed by atoms with Crippen LogP contribution in [-0.2, 0) is 0 Å². The van der Waals surface area contributed by atoms with Gasteiger partial charge in [-0.1, -0.05) is 0 Å². The van der Waals surface area contributed by atoms with E-state index < -0.39 is 0 Å². The normalized spacial score (nSPS) is 22.4. The Labute approximate surface area is 96.1 Å². The second-order valence-corrected chi connectivity index (χ2v) is 4.66. The van der Waals surface area contributed by atoms with Gasteiger partial charge in [-0.25, -0.2) is 4.98 Å². The monoisotopic (exact) mass is 218 g/mol. The Morgan fingerprint density at radius 1 is 1.19 bits per heavy atom. The third-order valence-electron chi connectivity index (χ3n) is 3.53. The van der Waals surface area contributed by atoms with Crippen molar-refractivity contribution in [1.82, 2.24) is 9.88 Å². The Balaban J connectivity index is 1.67. The van der Waals surface area contributed by atoms with E-state index >= 15 is 0 Å². The molecule has 4 heteroatoms. The van der Waals surface area contributed by atoms with Crippen molar-refractivity contribution in [3.05, 3.63) is 18.3 Å². The maximum atomic E-state index is 5.89. The molecule has 4 nitrogen and oxygen atoms in total. The Hall–Kier alpha value is -1.29. The largest absolute Gasteiger partial charge is 0.382 e. The highest BCUT2D eigenvalue weighted by atomic mass is 15.3. The zero-order valence-electron chi connectivity index (χ0n) is 9.47. The molecular formula is C12H18N4. The number of anilines is 2. The molecule has 0 radical (unpaired) electrons. The van der Waals surface area contributed by atoms with Crippen LogP contribution in [0.25, 0.3) is 0 Å². The van der Waals surface area contributed by atoms with Crippen LogP contribution in [-0.4, -0.2) is 42.1 Å². The lowest BCUT2D eigenvalue weighted by Crippen LogP contribution is -2.47. The van der Waals surface area contributed by atoms with E-state index in [0.29, 0.717) is 5.82 Å². The minimum absolute atomic E-state index is 0.655. The van der Waals surface area contributed by atoms with Gasteiger partial charge in [-0.3, -0.25) is 4.90 Å². The third-order valence-corrected chi connectivity index (χ3v) is 3.53. The van der Waals surface area contributed by atoms with Crippen LogP contribution in [0.3, 0.4) is 0 Å². The van der Waals surface area contributed by atoms with Crippen molar-refractivity contribution in [3.63, 3.8) is 0 Å². The van der Waals surface area contributed by atoms with E-state index in [1.165, 1.54) is 25.9 Å². The molecule has 0 atom stereocenters. The SMILES string of the molecule is Nc1ncccc1N1CCN(C2CC2)CC1. The van der Waals surface area contributed by atoms with Crippen molar-refractivity contribution in [1.29, 1.82) is 0 Å². The maximum Gasteiger partial charge on any atom is 0.146 e. The number of rotatable bonds is 2. The fraction of sp³-hybridized carbons (Fsp3) is 0.583. The van der Waals surface area contributed by atoms with Crippen LogP contribution in [0.4, 0.5) is 11.5 Å². The van der Waals surface area contributed by atoms with Gasteiger partial charge in [0.15, 0.2) is 0 Å². The highest BCUT2D eigenvalue weighted by Crippen LogP contribution is 2.29. The lowest BCUT2D eigenvalue weighted by Gasteiger charge is -2.36. The molecule has 0 unspecified atom stereocenters. The van der Waals surface area contributed by atoms with E-state index in [1.54, 1.807) is 6.20 Å². The molecule has 0 bridgehead atoms. The first-order valence-corrected chi connectivity index (χ1v) is 6.04. The first-order chi connectivity index (χ1) is 7.84. The molecular weight excluding hydrogens is 200 g/mol. The molecule has 1 aromatic heterocycles. The van der Waals surface area contributed by atoms with Crippen LogP contribution in [0.5, 0.6) is 0 Å². The molecule has 0 amide bonds. The Morgan fingerprint density at radius 2 is 1.94 bits per heavy atom. The van der Waals surface area contributed by atoms with Gasteiger partial charge in [0.25, 0.3) is 0 Å². The molecule has 1 aliphatic heterocycles. The molecule has 2 N–H and O–H groups in total. The van der Waals surface area contributed by atoms with Gasteiger partial charge in [0, 0.05) is 38.4 Å². The summed E-state index contributed by atoms with van der Waals surface area (Å²) in [6, 6.07) is 4.90. The quantitative estimate of drug-likeness (QED) is 0.802. The molecule has 1 saturated carbocycles. The minimum Gasteiger partial charge on any atom is -0.382 e. The van der Waals surface area contributed by atoms with Crippen LogP contribution in [0.1, 0.15) is 12.8 Å². The summed E-state index contributed by atoms with van der Waals surface area (Å²) in [4.78, 5) is 9.09. The minimum atomic E-state index is 0.655. The van der Waals surface area contributed by atoms with Gasteiger partial charge in [0.2, 0.25) is 0 Å². The Kier molecular flexibility index (Phi) is 2.44. The molecule has 1 aromatic rings. The first kappa shape index (κ1) is 9.90. The van der Waals surface area contributed by atoms with Crippen LogP contribution >= 0.6 is 0 Å². The van der Waals surface area contributed by atoms with Crippen LogP contribution in [0, 0.1) is 0 Å². The number of nitrogen functional groups attached to an aromatic ring is 1. The fourth-order valence-corrected chi connectivity index (χ4v) is 2.44. The van der Waals surface area contributed by atoms with Crippen molar-refractivity contribution in [2.24, 2.45) is 0 Å². The van der Waals surface area contributed by atoms with Gasteiger partial charge in [-0.05, 0) is 25.0 Å². The predicted molar refractivity (Wildman–Crippen MR) is 65.5 cm³/mol. The molecule has 0 aromatic carbocycles. The lowest BCUT2D eigenvalue weighted by molar-refractivity contribution is 0.248. The van der Waals surface area contributed by atoms with Crippen molar-refractivity contribution < 1.29 is 0 Å². The zero-order valence-corrected chi connectivity index (χ0v) is 9.47. The summed E-state index contributed by atoms with van der Waals surface area (Å²) in [6.45, 7) is 4.48. The second-order valence-electron chi connectivity index (χ2n) is 4.66. The predicted octanol–water partition coefficient (Wildman–Crippen LogP) is 0.948. The lowest BCUT2D eigenvalue weighted by atomic mass is 10.2. The average Bonchev–Trinajstić information content (AvgIpc) is 3.14. The third kappa shape index (κ3) is 1.85. The van der Waals surface area contributed by atoms with Gasteiger partial charge >= 0.3 is 0 Å². The summed E-state index contributed by atoms with van der Waals surface area (Å²) >= 11 is 0. The van der Waals surface area contributed by atoms with Crippen molar-refractivity contribution in [2.45, 2.75) is 18.9 Å². The van der Waals surface area contributed by atoms with E-state index in [4.69, 9.17) is 5.73 Å². The summed E-state index contributed by atoms with van der Waals surface area (Å²) in [6.07, 6.45) is 4.54. The highest BCUT2D eigenvalue weighted by molar-refractivity contribution is 5.63. The molecule has 16 heavy (non-hydrogen) atoms. The molecule has 3 rings (SSSR count). The van der Waals surface area contributed by atoms with Crippen molar-refractivity contribution in [3.8, 4) is 0 Å². The van der Waals surface area contributed by atoms with E-state index in [-0.39, 0.29) is 0 Å². The van der Waals surface area contributed by atoms with Gasteiger partial charge in [-0.15, -0.1) is 0 Å². The Morgan fingerprint density at radius 3 is 2.56 bits per heavy atom. The van der Waals surface area contributed by atoms with E-state index in [2.05, 4.69) is 20.9 Å². The molecule has 86 valence electrons. The maximum absolute atomic E-state index is 5.89. The van der Waals surface area contributed by atoms with E-state index in [0.717, 1.165) is 24.8 Å². The number of aromatic nitrogens is 1. The molecule has 1 saturated heterocycles. The first-order valence-electron chi connectivity index (χ1n) is 6.04. The van der Waals surface area contributed by atoms with Gasteiger partial charge in [0.1, 0.15) is 5.82 Å². The molecule has 2 fully saturated rings. The number of piperazine rings is 1. The van der Waals surface area contributed by atoms with E-state index in [9.17, 15) is 0 Å². The summed E-state index contributed by atoms with van der Waals surface area (Å²) in [7, 11) is 0. The van der Waals surface area contributed by atoms with Gasteiger partial charge in [0.05, 0.1) is 5.69 Å². The molecule has 1 aliphatic carbocycles. The number of pyridine rings is 1. The smallest absolute Gasteiger partial charge is 0.146 e. The number of nitrogens with zero attached hydrogens (tertiary/aromatic N) is 3. The van der Waals surface area contributed by atoms with Gasteiger partial charge in [-0.2, -0.15) is 0 Å². The highest BCUT2D eigenvalue weighted by Gasteiger charge is 2.31. The topological polar surface area (TPSA) is 45.4 Å². The van der Waals surface area contributed by atoms with Crippen LogP contribution < -0.4 is 10.6 Å². The summed E-state index contributed by atoms with van der Waals surface area (Å²) in [5.74, 6) is 0.655. The molecule has 2 heterocycles. The molecule has 2 aliphatic rings. The number of nitrogens with two attached hydrogens (primary N) is 1.